The van der Waals surface area contributed by atoms with Gasteiger partial charge in [-0.3, -0.25) is 0 Å². The van der Waals surface area contributed by atoms with E-state index in [1.807, 2.05) is 182 Å². The van der Waals surface area contributed by atoms with E-state index in [4.69, 9.17) is 44.9 Å². The lowest BCUT2D eigenvalue weighted by molar-refractivity contribution is 1.07. The van der Waals surface area contributed by atoms with E-state index in [0.717, 1.165) is 94.6 Å². The van der Waals surface area contributed by atoms with E-state index in [0.29, 0.717) is 52.4 Å². The van der Waals surface area contributed by atoms with Crippen LogP contribution in [0.1, 0.15) is 0 Å². The average molecular weight is 1840 g/mol. The van der Waals surface area contributed by atoms with E-state index in [1.165, 1.54) is 119 Å². The number of fused-ring (bicyclic) bond motifs is 18. The molecule has 0 aliphatic carbocycles. The zero-order valence-corrected chi connectivity index (χ0v) is 78.3. The highest BCUT2D eigenvalue weighted by Gasteiger charge is 2.24. The maximum absolute atomic E-state index is 5.07. The lowest BCUT2D eigenvalue weighted by atomic mass is 9.88. The third-order valence-electron chi connectivity index (χ3n) is 27.4. The zero-order chi connectivity index (χ0) is 95.6. The predicted molar refractivity (Wildman–Crippen MR) is 599 cm³/mol. The molecule has 0 radical (unpaired) electrons. The standard InChI is InChI=1S/3C45H29N3/c1-3-14-30(15-4-1)43-46-44(31-16-5-2-6-17-31)48-45(47-43)41-25-12-7-20-35(41)34-19-13-18-32(28-34)33-26-27-40-38-23-9-8-21-36(38)37-22-10-11-24-39(37)42(40)29-33;1-3-13-30(14-4-1)43-46-44(31-15-5-2-6-16-31)48-45(47-43)36-20-12-19-34(28-36)32-17-11-18-33(27-32)35-25-26-41-39-23-8-7-21-37(39)38-22-9-10-24-40(38)42(41)29-35;1-3-15-30(16-4-1)43-46-44(31-17-5-2-6-18-31)48-45(47-43)41-26-14-13-24-38(41)34-20-8-7-19-33(34)32-27-28-40-37-23-10-9-21-35(37)36-22-11-12-25-39(36)42(40)29-32/h3*1-29H. The normalized spacial score (nSPS) is 11.3. The average Bonchev–Trinajstić information content (AvgIpc) is 0.747. The quantitative estimate of drug-likeness (QED) is 0.0925. The van der Waals surface area contributed by atoms with Crippen molar-refractivity contribution in [1.29, 1.82) is 0 Å². The Bertz CT molecular complexity index is 9300. The van der Waals surface area contributed by atoms with E-state index in [-0.39, 0.29) is 0 Å². The molecule has 144 heavy (non-hydrogen) atoms. The van der Waals surface area contributed by atoms with E-state index in [9.17, 15) is 0 Å². The molecular formula is C135H87N9. The molecule has 9 heteroatoms. The Labute approximate surface area is 833 Å². The predicted octanol–water partition coefficient (Wildman–Crippen LogP) is 35.0. The number of hydrogen-bond acceptors (Lipinski definition) is 9. The van der Waals surface area contributed by atoms with E-state index >= 15 is 0 Å². The number of nitrogens with zero attached hydrogens (tertiary/aromatic N) is 9. The molecule has 0 bridgehead atoms. The number of benzene rings is 24. The number of hydrogen-bond donors (Lipinski definition) is 0. The molecule has 27 aromatic rings. The van der Waals surface area contributed by atoms with Crippen LogP contribution in [-0.4, -0.2) is 44.9 Å². The fourth-order valence-electron chi connectivity index (χ4n) is 20.4. The molecule has 0 atom stereocenters. The molecule has 3 aromatic heterocycles. The minimum atomic E-state index is 0.643. The second-order valence-electron chi connectivity index (χ2n) is 36.0. The highest BCUT2D eigenvalue weighted by Crippen LogP contribution is 2.46. The van der Waals surface area contributed by atoms with Crippen molar-refractivity contribution >= 4 is 97.0 Å². The van der Waals surface area contributed by atoms with Crippen LogP contribution in [-0.2, 0) is 0 Å². The van der Waals surface area contributed by atoms with Crippen LogP contribution in [0.3, 0.4) is 0 Å². The molecule has 0 unspecified atom stereocenters. The van der Waals surface area contributed by atoms with Crippen molar-refractivity contribution in [2.75, 3.05) is 0 Å². The van der Waals surface area contributed by atoms with Crippen molar-refractivity contribution < 1.29 is 0 Å². The number of aromatic nitrogens is 9. The maximum atomic E-state index is 5.07. The highest BCUT2D eigenvalue weighted by molar-refractivity contribution is 6.28. The van der Waals surface area contributed by atoms with Crippen molar-refractivity contribution in [1.82, 2.24) is 44.9 Å². The summed E-state index contributed by atoms with van der Waals surface area (Å²) in [6.45, 7) is 0. The van der Waals surface area contributed by atoms with Crippen molar-refractivity contribution in [3.63, 3.8) is 0 Å². The molecule has 0 aliphatic rings. The summed E-state index contributed by atoms with van der Waals surface area (Å²) in [4.78, 5) is 44.8. The lowest BCUT2D eigenvalue weighted by Gasteiger charge is -2.16. The summed E-state index contributed by atoms with van der Waals surface area (Å²) in [5, 5.41) is 22.9. The van der Waals surface area contributed by atoms with Crippen LogP contribution < -0.4 is 0 Å². The van der Waals surface area contributed by atoms with Crippen LogP contribution in [0.4, 0.5) is 0 Å². The van der Waals surface area contributed by atoms with Gasteiger partial charge in [-0.05, 0) is 200 Å². The van der Waals surface area contributed by atoms with Gasteiger partial charge < -0.3 is 0 Å². The van der Waals surface area contributed by atoms with Gasteiger partial charge in [0.1, 0.15) is 0 Å². The van der Waals surface area contributed by atoms with Gasteiger partial charge in [-0.1, -0.05) is 491 Å². The lowest BCUT2D eigenvalue weighted by Crippen LogP contribution is -2.01. The van der Waals surface area contributed by atoms with Crippen LogP contribution >= 0.6 is 0 Å². The number of rotatable bonds is 15. The second-order valence-corrected chi connectivity index (χ2v) is 36.0. The van der Waals surface area contributed by atoms with Crippen molar-refractivity contribution in [2.24, 2.45) is 0 Å². The van der Waals surface area contributed by atoms with Crippen molar-refractivity contribution in [3.8, 4) is 169 Å². The topological polar surface area (TPSA) is 116 Å². The third kappa shape index (κ3) is 16.8. The molecule has 0 N–H and O–H groups in total. The zero-order valence-electron chi connectivity index (χ0n) is 78.3. The summed E-state index contributed by atoms with van der Waals surface area (Å²) in [7, 11) is 0. The van der Waals surface area contributed by atoms with Crippen LogP contribution in [0.15, 0.2) is 528 Å². The molecule has 27 rings (SSSR count). The van der Waals surface area contributed by atoms with Crippen LogP contribution in [0.5, 0.6) is 0 Å². The molecular weight excluding hydrogens is 1750 g/mol. The molecule has 24 aromatic carbocycles. The van der Waals surface area contributed by atoms with Gasteiger partial charge in [0.2, 0.25) is 0 Å². The van der Waals surface area contributed by atoms with Gasteiger partial charge in [0.25, 0.3) is 0 Å². The van der Waals surface area contributed by atoms with E-state index in [1.54, 1.807) is 0 Å². The Balaban J connectivity index is 0.000000113. The third-order valence-corrected chi connectivity index (χ3v) is 27.4. The van der Waals surface area contributed by atoms with Crippen molar-refractivity contribution in [3.05, 3.63) is 528 Å². The van der Waals surface area contributed by atoms with Crippen LogP contribution in [0.25, 0.3) is 266 Å². The molecule has 0 saturated heterocycles. The van der Waals surface area contributed by atoms with Gasteiger partial charge in [-0.15, -0.1) is 0 Å². The summed E-state index contributed by atoms with van der Waals surface area (Å²) in [5.41, 5.74) is 22.2. The Kier molecular flexibility index (Phi) is 22.9. The Morgan fingerprint density at radius 1 is 0.0764 bits per heavy atom. The first kappa shape index (κ1) is 86.2. The largest absolute Gasteiger partial charge is 0.208 e. The van der Waals surface area contributed by atoms with Gasteiger partial charge in [0.15, 0.2) is 52.4 Å². The van der Waals surface area contributed by atoms with Crippen LogP contribution in [0.2, 0.25) is 0 Å². The molecule has 0 saturated carbocycles. The second kappa shape index (κ2) is 38.2. The first-order valence-electron chi connectivity index (χ1n) is 48.6. The fourth-order valence-corrected chi connectivity index (χ4v) is 20.4. The fraction of sp³-hybridized carbons (Fsp3) is 0. The van der Waals surface area contributed by atoms with Crippen molar-refractivity contribution in [2.45, 2.75) is 0 Å². The molecule has 9 nitrogen and oxygen atoms in total. The van der Waals surface area contributed by atoms with Gasteiger partial charge in [0, 0.05) is 50.1 Å². The van der Waals surface area contributed by atoms with Gasteiger partial charge in [0.05, 0.1) is 0 Å². The summed E-state index contributed by atoms with van der Waals surface area (Å²) in [6, 6.07) is 185. The Morgan fingerprint density at radius 2 is 0.229 bits per heavy atom. The van der Waals surface area contributed by atoms with Crippen LogP contribution in [0, 0.1) is 0 Å². The van der Waals surface area contributed by atoms with Gasteiger partial charge >= 0.3 is 0 Å². The smallest absolute Gasteiger partial charge is 0.164 e. The van der Waals surface area contributed by atoms with Gasteiger partial charge in [-0.2, -0.15) is 0 Å². The van der Waals surface area contributed by atoms with E-state index < -0.39 is 0 Å². The first-order chi connectivity index (χ1) is 71.4. The van der Waals surface area contributed by atoms with E-state index in [2.05, 4.69) is 346 Å². The van der Waals surface area contributed by atoms with Gasteiger partial charge in [-0.25, -0.2) is 44.9 Å². The molecule has 0 amide bonds. The summed E-state index contributed by atoms with van der Waals surface area (Å²) in [5.74, 6) is 5.85. The summed E-state index contributed by atoms with van der Waals surface area (Å²) in [6.07, 6.45) is 0. The molecule has 672 valence electrons. The molecule has 0 fully saturated rings. The molecule has 3 heterocycles. The molecule has 0 aliphatic heterocycles. The Hall–Kier alpha value is -19.4. The first-order valence-corrected chi connectivity index (χ1v) is 48.6. The minimum absolute atomic E-state index is 0.643. The maximum Gasteiger partial charge on any atom is 0.164 e. The Morgan fingerprint density at radius 3 is 0.521 bits per heavy atom. The monoisotopic (exact) mass is 1830 g/mol. The highest BCUT2D eigenvalue weighted by atomic mass is 15.1. The minimum Gasteiger partial charge on any atom is -0.208 e. The summed E-state index contributed by atoms with van der Waals surface area (Å²) < 4.78 is 0. The molecule has 0 spiro atoms. The summed E-state index contributed by atoms with van der Waals surface area (Å²) >= 11 is 0. The SMILES string of the molecule is c1ccc(-c2nc(-c3ccccc3)nc(-c3cccc(-c4cccc(-c5ccc6c7ccccc7c7ccccc7c6c5)c4)c3)n2)cc1.c1ccc(-c2nc(-c3ccccc3)nc(-c3ccccc3-c3cccc(-c4ccc5c6ccccc6c6ccccc6c5c4)c3)n2)cc1.c1ccc(-c2nc(-c3ccccc3)nc(-c3ccccc3-c3ccccc3-c3ccc4c5ccccc5c5ccccc5c4c3)n2)cc1.